The summed E-state index contributed by atoms with van der Waals surface area (Å²) < 4.78 is 62.9. The number of halogens is 3. The van der Waals surface area contributed by atoms with Crippen molar-refractivity contribution in [3.05, 3.63) is 41.5 Å². The third-order valence-corrected chi connectivity index (χ3v) is 5.07. The molecule has 0 aromatic heterocycles. The van der Waals surface area contributed by atoms with Gasteiger partial charge in [0.1, 0.15) is 0 Å². The van der Waals surface area contributed by atoms with Crippen LogP contribution in [0.3, 0.4) is 0 Å². The number of rotatable bonds is 3. The second-order valence-electron chi connectivity index (χ2n) is 4.83. The van der Waals surface area contributed by atoms with E-state index in [1.54, 1.807) is 24.3 Å². The second kappa shape index (κ2) is 5.69. The summed E-state index contributed by atoms with van der Waals surface area (Å²) in [5.41, 5.74) is 5.92. The zero-order valence-corrected chi connectivity index (χ0v) is 11.9. The van der Waals surface area contributed by atoms with Crippen LogP contribution in [0.15, 0.2) is 35.9 Å². The fourth-order valence-corrected chi connectivity index (χ4v) is 3.54. The molecule has 0 saturated carbocycles. The highest BCUT2D eigenvalue weighted by atomic mass is 32.2. The lowest BCUT2D eigenvalue weighted by molar-refractivity contribution is -0.0953. The highest BCUT2D eigenvalue weighted by molar-refractivity contribution is 7.88. The predicted molar refractivity (Wildman–Crippen MR) is 73.8 cm³/mol. The Bertz CT molecular complexity index is 636. The van der Waals surface area contributed by atoms with Crippen LogP contribution in [-0.2, 0) is 15.8 Å². The maximum absolute atomic E-state index is 12.5. The van der Waals surface area contributed by atoms with E-state index in [0.29, 0.717) is 11.3 Å². The van der Waals surface area contributed by atoms with Crippen LogP contribution in [0.2, 0.25) is 0 Å². The molecule has 0 unspecified atom stereocenters. The first-order chi connectivity index (χ1) is 9.68. The highest BCUT2D eigenvalue weighted by Crippen LogP contribution is 2.31. The zero-order valence-electron chi connectivity index (χ0n) is 11.1. The number of nitrogens with two attached hydrogens (primary N) is 1. The van der Waals surface area contributed by atoms with Crippen LogP contribution in [-0.4, -0.2) is 32.0 Å². The number of sulfonamides is 1. The minimum Gasteiger partial charge on any atom is -0.399 e. The molecule has 4 nitrogen and oxygen atoms in total. The molecule has 0 saturated heterocycles. The smallest absolute Gasteiger partial charge is 0.399 e. The lowest BCUT2D eigenvalue weighted by atomic mass is 10.1. The molecule has 21 heavy (non-hydrogen) atoms. The molecule has 0 spiro atoms. The van der Waals surface area contributed by atoms with Crippen molar-refractivity contribution in [2.75, 3.05) is 18.8 Å². The van der Waals surface area contributed by atoms with Gasteiger partial charge in [0, 0.05) is 24.4 Å². The Balaban J connectivity index is 2.08. The van der Waals surface area contributed by atoms with E-state index >= 15 is 0 Å². The topological polar surface area (TPSA) is 63.4 Å². The summed E-state index contributed by atoms with van der Waals surface area (Å²) in [5.74, 6) is -0.248. The monoisotopic (exact) mass is 320 g/mol. The van der Waals surface area contributed by atoms with E-state index in [1.807, 2.05) is 0 Å². The molecule has 1 aromatic carbocycles. The van der Waals surface area contributed by atoms with Crippen molar-refractivity contribution >= 4 is 15.7 Å². The molecule has 1 aromatic rings. The molecule has 0 atom stereocenters. The van der Waals surface area contributed by atoms with Gasteiger partial charge in [0.2, 0.25) is 10.0 Å². The first-order valence-electron chi connectivity index (χ1n) is 6.27. The second-order valence-corrected chi connectivity index (χ2v) is 6.80. The van der Waals surface area contributed by atoms with Gasteiger partial charge in [-0.2, -0.15) is 17.5 Å². The van der Waals surface area contributed by atoms with Gasteiger partial charge in [-0.05, 0) is 24.1 Å². The normalized spacial score (nSPS) is 17.6. The van der Waals surface area contributed by atoms with E-state index in [4.69, 9.17) is 5.73 Å². The van der Waals surface area contributed by atoms with Crippen LogP contribution in [0.1, 0.15) is 12.0 Å². The van der Waals surface area contributed by atoms with E-state index < -0.39 is 21.8 Å². The zero-order chi connectivity index (χ0) is 15.7. The quantitative estimate of drug-likeness (QED) is 0.686. The van der Waals surface area contributed by atoms with Gasteiger partial charge in [0.25, 0.3) is 0 Å². The van der Waals surface area contributed by atoms with Crippen LogP contribution < -0.4 is 5.73 Å². The molecular weight excluding hydrogens is 305 g/mol. The summed E-state index contributed by atoms with van der Waals surface area (Å²) in [6.07, 6.45) is -3.76. The highest BCUT2D eigenvalue weighted by Gasteiger charge is 2.36. The van der Waals surface area contributed by atoms with Gasteiger partial charge in [-0.25, -0.2) is 8.42 Å². The number of nitrogens with zero attached hydrogens (tertiary/aromatic N) is 1. The van der Waals surface area contributed by atoms with Crippen molar-refractivity contribution in [2.24, 2.45) is 0 Å². The van der Waals surface area contributed by atoms with Crippen molar-refractivity contribution in [2.45, 2.75) is 18.3 Å². The summed E-state index contributed by atoms with van der Waals surface area (Å²) in [6, 6.07) is 6.35. The van der Waals surface area contributed by atoms with Gasteiger partial charge < -0.3 is 5.73 Å². The lowest BCUT2D eigenvalue weighted by Crippen LogP contribution is -2.37. The van der Waals surface area contributed by atoms with Crippen LogP contribution in [0.5, 0.6) is 0 Å². The fraction of sp³-hybridized carbons (Fsp3) is 0.385. The Labute approximate surface area is 121 Å². The summed E-state index contributed by atoms with van der Waals surface area (Å²) in [7, 11) is -3.64. The number of nitrogen functional groups attached to an aromatic ring is 1. The standard InChI is InChI=1S/C13H15F3N2O2S/c14-13(15,16)11-5-7-18(8-6-11)21(19,20)9-10-1-3-12(17)4-2-10/h1-5H,6-9,17H2. The van der Waals surface area contributed by atoms with Crippen molar-refractivity contribution in [1.82, 2.24) is 4.31 Å². The van der Waals surface area contributed by atoms with Crippen molar-refractivity contribution in [3.8, 4) is 0 Å². The van der Waals surface area contributed by atoms with E-state index in [1.165, 1.54) is 0 Å². The molecule has 1 heterocycles. The number of anilines is 1. The molecule has 0 amide bonds. The molecule has 0 bridgehead atoms. The molecule has 2 N–H and O–H groups in total. The molecule has 1 aliphatic heterocycles. The Kier molecular flexibility index (Phi) is 4.29. The Morgan fingerprint density at radius 2 is 1.81 bits per heavy atom. The van der Waals surface area contributed by atoms with Crippen LogP contribution in [0.4, 0.5) is 18.9 Å². The summed E-state index contributed by atoms with van der Waals surface area (Å²) in [4.78, 5) is 0. The Hall–Kier alpha value is -1.54. The predicted octanol–water partition coefficient (Wildman–Crippen LogP) is 2.29. The largest absolute Gasteiger partial charge is 0.412 e. The minimum absolute atomic E-state index is 0.150. The fourth-order valence-electron chi connectivity index (χ4n) is 2.08. The molecule has 0 radical (unpaired) electrons. The van der Waals surface area contributed by atoms with Crippen LogP contribution in [0, 0.1) is 0 Å². The summed E-state index contributed by atoms with van der Waals surface area (Å²) in [5, 5.41) is 0. The summed E-state index contributed by atoms with van der Waals surface area (Å²) >= 11 is 0. The first kappa shape index (κ1) is 15.8. The van der Waals surface area contributed by atoms with E-state index in [0.717, 1.165) is 10.4 Å². The van der Waals surface area contributed by atoms with E-state index in [2.05, 4.69) is 0 Å². The molecule has 1 aliphatic rings. The summed E-state index contributed by atoms with van der Waals surface area (Å²) in [6.45, 7) is -0.394. The van der Waals surface area contributed by atoms with Gasteiger partial charge in [-0.1, -0.05) is 18.2 Å². The number of hydrogen-bond donors (Lipinski definition) is 1. The van der Waals surface area contributed by atoms with Gasteiger partial charge in [0.15, 0.2) is 0 Å². The Morgan fingerprint density at radius 3 is 2.29 bits per heavy atom. The van der Waals surface area contributed by atoms with Crippen molar-refractivity contribution < 1.29 is 21.6 Å². The first-order valence-corrected chi connectivity index (χ1v) is 7.88. The number of alkyl halides is 3. The Morgan fingerprint density at radius 1 is 1.19 bits per heavy atom. The molecule has 116 valence electrons. The molecule has 8 heteroatoms. The average Bonchev–Trinajstić information content (AvgIpc) is 2.40. The molecular formula is C13H15F3N2O2S. The van der Waals surface area contributed by atoms with Crippen molar-refractivity contribution in [1.29, 1.82) is 0 Å². The van der Waals surface area contributed by atoms with E-state index in [9.17, 15) is 21.6 Å². The van der Waals surface area contributed by atoms with Gasteiger partial charge in [-0.3, -0.25) is 0 Å². The third kappa shape index (κ3) is 3.98. The van der Waals surface area contributed by atoms with Crippen LogP contribution >= 0.6 is 0 Å². The number of benzene rings is 1. The molecule has 0 fully saturated rings. The van der Waals surface area contributed by atoms with Gasteiger partial charge in [-0.15, -0.1) is 0 Å². The average molecular weight is 320 g/mol. The minimum atomic E-state index is -4.38. The number of hydrogen-bond acceptors (Lipinski definition) is 3. The lowest BCUT2D eigenvalue weighted by Gasteiger charge is -2.26. The third-order valence-electron chi connectivity index (χ3n) is 3.26. The van der Waals surface area contributed by atoms with Gasteiger partial charge in [0.05, 0.1) is 5.75 Å². The SMILES string of the molecule is Nc1ccc(CS(=O)(=O)N2CC=C(C(F)(F)F)CC2)cc1. The van der Waals surface area contributed by atoms with Crippen molar-refractivity contribution in [3.63, 3.8) is 0 Å². The molecule has 0 aliphatic carbocycles. The maximum Gasteiger partial charge on any atom is 0.412 e. The van der Waals surface area contributed by atoms with E-state index in [-0.39, 0.29) is 25.3 Å². The molecule has 2 rings (SSSR count). The maximum atomic E-state index is 12.5. The van der Waals surface area contributed by atoms with Gasteiger partial charge >= 0.3 is 6.18 Å². The van der Waals surface area contributed by atoms with Crippen LogP contribution in [0.25, 0.3) is 0 Å².